The molecule has 0 saturated carbocycles. The minimum Gasteiger partial charge on any atom is -0.448 e. The number of anilines is 4. The SMILES string of the molecule is N=C1c2ccoc2NCN1c1ccc(NC(=O)Nc2cccc(F)c2)cc1. The molecule has 0 unspecified atom stereocenters. The summed E-state index contributed by atoms with van der Waals surface area (Å²) < 4.78 is 18.4. The predicted octanol–water partition coefficient (Wildman–Crippen LogP) is 4.28. The highest BCUT2D eigenvalue weighted by Crippen LogP contribution is 2.27. The molecule has 0 aliphatic carbocycles. The van der Waals surface area contributed by atoms with Gasteiger partial charge in [0, 0.05) is 17.1 Å². The van der Waals surface area contributed by atoms with Gasteiger partial charge in [-0.05, 0) is 48.5 Å². The molecule has 2 aromatic carbocycles. The molecule has 1 aromatic heterocycles. The number of amidine groups is 1. The summed E-state index contributed by atoms with van der Waals surface area (Å²) in [7, 11) is 0. The molecule has 3 aromatic rings. The Labute approximate surface area is 154 Å². The molecule has 0 fully saturated rings. The van der Waals surface area contributed by atoms with Crippen LogP contribution in [0.4, 0.5) is 32.1 Å². The van der Waals surface area contributed by atoms with E-state index in [1.165, 1.54) is 18.2 Å². The summed E-state index contributed by atoms with van der Waals surface area (Å²) in [6, 6.07) is 14.0. The lowest BCUT2D eigenvalue weighted by Crippen LogP contribution is -2.39. The van der Waals surface area contributed by atoms with Crippen LogP contribution >= 0.6 is 0 Å². The Bertz CT molecular complexity index is 999. The van der Waals surface area contributed by atoms with E-state index in [0.29, 0.717) is 35.3 Å². The van der Waals surface area contributed by atoms with E-state index in [1.54, 1.807) is 47.6 Å². The highest BCUT2D eigenvalue weighted by molar-refractivity contribution is 6.12. The molecule has 1 aliphatic rings. The summed E-state index contributed by atoms with van der Waals surface area (Å²) in [4.78, 5) is 13.8. The van der Waals surface area contributed by atoms with E-state index in [-0.39, 0.29) is 0 Å². The van der Waals surface area contributed by atoms with Crippen LogP contribution in [0.1, 0.15) is 5.56 Å². The van der Waals surface area contributed by atoms with Crippen LogP contribution in [-0.4, -0.2) is 18.5 Å². The molecule has 0 saturated heterocycles. The number of carbonyl (C=O) groups excluding carboxylic acids is 1. The average Bonchev–Trinajstić information content (AvgIpc) is 3.13. The van der Waals surface area contributed by atoms with Gasteiger partial charge >= 0.3 is 6.03 Å². The molecule has 7 nitrogen and oxygen atoms in total. The van der Waals surface area contributed by atoms with Crippen molar-refractivity contribution in [3.8, 4) is 0 Å². The molecule has 8 heteroatoms. The second-order valence-corrected chi connectivity index (χ2v) is 5.91. The van der Waals surface area contributed by atoms with Crippen molar-refractivity contribution < 1.29 is 13.6 Å². The molecule has 1 aliphatic heterocycles. The molecule has 4 N–H and O–H groups in total. The topological polar surface area (TPSA) is 93.4 Å². The number of halogens is 1. The number of furan rings is 1. The van der Waals surface area contributed by atoms with Crippen LogP contribution in [-0.2, 0) is 0 Å². The van der Waals surface area contributed by atoms with Gasteiger partial charge in [-0.3, -0.25) is 5.41 Å². The molecular weight excluding hydrogens is 349 g/mol. The van der Waals surface area contributed by atoms with Crippen molar-refractivity contribution in [3.63, 3.8) is 0 Å². The fraction of sp³-hybridized carbons (Fsp3) is 0.0526. The van der Waals surface area contributed by atoms with Gasteiger partial charge in [0.05, 0.1) is 18.5 Å². The lowest BCUT2D eigenvalue weighted by molar-refractivity contribution is 0.262. The number of hydrogen-bond donors (Lipinski definition) is 4. The zero-order valence-electron chi connectivity index (χ0n) is 14.1. The molecule has 2 heterocycles. The first kappa shape index (κ1) is 16.6. The van der Waals surface area contributed by atoms with E-state index < -0.39 is 11.8 Å². The normalized spacial score (nSPS) is 12.9. The van der Waals surface area contributed by atoms with Crippen LogP contribution in [0, 0.1) is 11.2 Å². The van der Waals surface area contributed by atoms with Crippen LogP contribution < -0.4 is 20.9 Å². The molecule has 136 valence electrons. The smallest absolute Gasteiger partial charge is 0.323 e. The summed E-state index contributed by atoms with van der Waals surface area (Å²) >= 11 is 0. The van der Waals surface area contributed by atoms with Gasteiger partial charge in [-0.1, -0.05) is 6.07 Å². The molecule has 0 radical (unpaired) electrons. The number of amides is 2. The Hall–Kier alpha value is -3.81. The van der Waals surface area contributed by atoms with Crippen molar-refractivity contribution in [2.45, 2.75) is 0 Å². The number of carbonyl (C=O) groups is 1. The van der Waals surface area contributed by atoms with E-state index in [2.05, 4.69) is 16.0 Å². The highest BCUT2D eigenvalue weighted by Gasteiger charge is 2.24. The van der Waals surface area contributed by atoms with Crippen molar-refractivity contribution in [1.82, 2.24) is 0 Å². The summed E-state index contributed by atoms with van der Waals surface area (Å²) in [5.74, 6) is 0.501. The van der Waals surface area contributed by atoms with Crippen LogP contribution in [0.15, 0.2) is 65.3 Å². The fourth-order valence-corrected chi connectivity index (χ4v) is 2.81. The van der Waals surface area contributed by atoms with Crippen molar-refractivity contribution >= 4 is 34.8 Å². The van der Waals surface area contributed by atoms with E-state index in [4.69, 9.17) is 9.83 Å². The Morgan fingerprint density at radius 1 is 1.11 bits per heavy atom. The quantitative estimate of drug-likeness (QED) is 0.557. The molecular formula is C19H16FN5O2. The number of fused-ring (bicyclic) bond motifs is 1. The monoisotopic (exact) mass is 365 g/mol. The Morgan fingerprint density at radius 2 is 1.89 bits per heavy atom. The van der Waals surface area contributed by atoms with Gasteiger partial charge in [-0.2, -0.15) is 0 Å². The van der Waals surface area contributed by atoms with Gasteiger partial charge in [-0.15, -0.1) is 0 Å². The number of benzene rings is 2. The Kier molecular flexibility index (Phi) is 4.21. The number of hydrogen-bond acceptors (Lipinski definition) is 4. The maximum Gasteiger partial charge on any atom is 0.323 e. The van der Waals surface area contributed by atoms with Crippen LogP contribution in [0.3, 0.4) is 0 Å². The number of rotatable bonds is 3. The standard InChI is InChI=1S/C19H16FN5O2/c20-12-2-1-3-14(10-12)24-19(26)23-13-4-6-15(7-5-13)25-11-22-18-16(17(25)21)8-9-27-18/h1-10,21-22H,11H2,(H2,23,24,26). The Balaban J connectivity index is 1.42. The van der Waals surface area contributed by atoms with Crippen LogP contribution in [0.2, 0.25) is 0 Å². The molecule has 0 bridgehead atoms. The van der Waals surface area contributed by atoms with E-state index in [0.717, 1.165) is 5.69 Å². The lowest BCUT2D eigenvalue weighted by atomic mass is 10.2. The summed E-state index contributed by atoms with van der Waals surface area (Å²) in [5.41, 5.74) is 2.44. The van der Waals surface area contributed by atoms with Gasteiger partial charge in [0.1, 0.15) is 11.7 Å². The average molecular weight is 365 g/mol. The highest BCUT2D eigenvalue weighted by atomic mass is 19.1. The molecule has 2 amide bonds. The van der Waals surface area contributed by atoms with Crippen LogP contribution in [0.25, 0.3) is 0 Å². The minimum absolute atomic E-state index is 0.335. The lowest BCUT2D eigenvalue weighted by Gasteiger charge is -2.29. The summed E-state index contributed by atoms with van der Waals surface area (Å²) in [5, 5.41) is 16.7. The minimum atomic E-state index is -0.469. The van der Waals surface area contributed by atoms with E-state index in [9.17, 15) is 9.18 Å². The van der Waals surface area contributed by atoms with Gasteiger partial charge < -0.3 is 25.3 Å². The van der Waals surface area contributed by atoms with Gasteiger partial charge in [-0.25, -0.2) is 9.18 Å². The number of urea groups is 1. The van der Waals surface area contributed by atoms with Crippen molar-refractivity contribution in [2.75, 3.05) is 27.5 Å². The third kappa shape index (κ3) is 3.45. The van der Waals surface area contributed by atoms with Crippen molar-refractivity contribution in [3.05, 3.63) is 72.2 Å². The zero-order chi connectivity index (χ0) is 18.8. The van der Waals surface area contributed by atoms with E-state index >= 15 is 0 Å². The van der Waals surface area contributed by atoms with Crippen molar-refractivity contribution in [1.29, 1.82) is 5.41 Å². The van der Waals surface area contributed by atoms with Gasteiger partial charge in [0.25, 0.3) is 0 Å². The second-order valence-electron chi connectivity index (χ2n) is 5.91. The molecule has 0 spiro atoms. The molecule has 0 atom stereocenters. The first-order valence-corrected chi connectivity index (χ1v) is 8.21. The first-order valence-electron chi connectivity index (χ1n) is 8.21. The number of nitrogens with one attached hydrogen (secondary N) is 4. The second kappa shape index (κ2) is 6.83. The largest absolute Gasteiger partial charge is 0.448 e. The summed E-state index contributed by atoms with van der Waals surface area (Å²) in [6.45, 7) is 0.409. The zero-order valence-corrected chi connectivity index (χ0v) is 14.1. The predicted molar refractivity (Wildman–Crippen MR) is 102 cm³/mol. The first-order chi connectivity index (χ1) is 13.1. The van der Waals surface area contributed by atoms with Crippen LogP contribution in [0.5, 0.6) is 0 Å². The van der Waals surface area contributed by atoms with Gasteiger partial charge in [0.2, 0.25) is 5.88 Å². The van der Waals surface area contributed by atoms with Gasteiger partial charge in [0.15, 0.2) is 0 Å². The molecule has 27 heavy (non-hydrogen) atoms. The maximum atomic E-state index is 13.2. The number of nitrogens with zero attached hydrogens (tertiary/aromatic N) is 1. The third-order valence-electron chi connectivity index (χ3n) is 4.11. The van der Waals surface area contributed by atoms with Crippen molar-refractivity contribution in [2.24, 2.45) is 0 Å². The van der Waals surface area contributed by atoms with E-state index in [1.807, 2.05) is 0 Å². The Morgan fingerprint density at radius 3 is 2.67 bits per heavy atom. The fourth-order valence-electron chi connectivity index (χ4n) is 2.81. The summed E-state index contributed by atoms with van der Waals surface area (Å²) in [6.07, 6.45) is 1.54. The molecule has 4 rings (SSSR count). The third-order valence-corrected chi connectivity index (χ3v) is 4.11. The maximum absolute atomic E-state index is 13.2.